The summed E-state index contributed by atoms with van der Waals surface area (Å²) in [5.41, 5.74) is 8.33. The van der Waals surface area contributed by atoms with Crippen molar-refractivity contribution in [3.05, 3.63) is 36.1 Å². The fraction of sp³-hybridized carbons (Fsp3) is 0.250. The van der Waals surface area contributed by atoms with Gasteiger partial charge in [-0.05, 0) is 18.1 Å². The van der Waals surface area contributed by atoms with Gasteiger partial charge in [-0.25, -0.2) is 10.9 Å². The predicted molar refractivity (Wildman–Crippen MR) is 40.0 cm³/mol. The van der Waals surface area contributed by atoms with E-state index in [9.17, 15) is 0 Å². The molecule has 10 heavy (non-hydrogen) atoms. The van der Waals surface area contributed by atoms with Gasteiger partial charge in [-0.1, -0.05) is 18.2 Å². The molecule has 1 N–H and O–H groups in total. The lowest BCUT2D eigenvalue weighted by Gasteiger charge is -2.22. The smallest absolute Gasteiger partial charge is 0.0566 e. The van der Waals surface area contributed by atoms with Gasteiger partial charge in [0.25, 0.3) is 0 Å². The molecule has 2 heteroatoms. The molecule has 1 heterocycles. The predicted octanol–water partition coefficient (Wildman–Crippen LogP) is 0.878. The van der Waals surface area contributed by atoms with Crippen LogP contribution < -0.4 is 10.9 Å². The Labute approximate surface area is 60.3 Å². The van der Waals surface area contributed by atoms with Crippen LogP contribution in [-0.2, 0) is 0 Å². The second-order valence-electron chi connectivity index (χ2n) is 2.46. The van der Waals surface area contributed by atoms with E-state index >= 15 is 0 Å². The average Bonchev–Trinajstić information content (AvgIpc) is 2.05. The van der Waals surface area contributed by atoms with Gasteiger partial charge < -0.3 is 0 Å². The Morgan fingerprint density at radius 3 is 3.50 bits per heavy atom. The van der Waals surface area contributed by atoms with E-state index in [0.717, 1.165) is 6.42 Å². The Morgan fingerprint density at radius 1 is 1.60 bits per heavy atom. The minimum Gasteiger partial charge on any atom is -0.210 e. The highest BCUT2D eigenvalue weighted by atomic mass is 15.4. The Bertz CT molecular complexity index is 213. The van der Waals surface area contributed by atoms with Crippen LogP contribution in [0.5, 0.6) is 0 Å². The van der Waals surface area contributed by atoms with Crippen molar-refractivity contribution in [1.29, 1.82) is 0 Å². The zero-order chi connectivity index (χ0) is 6.81. The van der Waals surface area contributed by atoms with E-state index in [-0.39, 0.29) is 0 Å². The highest BCUT2D eigenvalue weighted by Gasteiger charge is 2.14. The molecule has 1 aliphatic heterocycles. The fourth-order valence-electron chi connectivity index (χ4n) is 1.20. The lowest BCUT2D eigenvalue weighted by molar-refractivity contribution is 0.508. The molecule has 0 saturated carbocycles. The molecule has 0 aromatic carbocycles. The zero-order valence-electron chi connectivity index (χ0n) is 5.62. The van der Waals surface area contributed by atoms with Gasteiger partial charge >= 0.3 is 0 Å². The van der Waals surface area contributed by atoms with Crippen LogP contribution >= 0.6 is 0 Å². The molecular weight excluding hydrogens is 124 g/mol. The van der Waals surface area contributed by atoms with E-state index < -0.39 is 0 Å². The molecule has 0 spiro atoms. The molecule has 51 valence electrons. The van der Waals surface area contributed by atoms with Crippen molar-refractivity contribution in [3.63, 3.8) is 0 Å². The van der Waals surface area contributed by atoms with E-state index in [2.05, 4.69) is 29.1 Å². The lowest BCUT2D eigenvalue weighted by Crippen LogP contribution is -2.37. The molecule has 0 aromatic heterocycles. The third kappa shape index (κ3) is 0.866. The van der Waals surface area contributed by atoms with Gasteiger partial charge in [0.05, 0.1) is 6.04 Å². The van der Waals surface area contributed by atoms with Crippen LogP contribution in [0.3, 0.4) is 0 Å². The second kappa shape index (κ2) is 2.31. The SMILES string of the molecule is C1=CCC2N[N]C=CC2=C1. The molecule has 0 bridgehead atoms. The molecule has 2 aliphatic rings. The van der Waals surface area contributed by atoms with Gasteiger partial charge in [0.1, 0.15) is 0 Å². The summed E-state index contributed by atoms with van der Waals surface area (Å²) < 4.78 is 0. The van der Waals surface area contributed by atoms with E-state index in [4.69, 9.17) is 0 Å². The van der Waals surface area contributed by atoms with Crippen molar-refractivity contribution in [2.24, 2.45) is 0 Å². The monoisotopic (exact) mass is 133 g/mol. The number of fused-ring (bicyclic) bond motifs is 1. The Morgan fingerprint density at radius 2 is 2.60 bits per heavy atom. The molecule has 2 rings (SSSR count). The molecule has 0 amide bonds. The first kappa shape index (κ1) is 5.74. The van der Waals surface area contributed by atoms with E-state index in [1.807, 2.05) is 6.08 Å². The molecule has 1 unspecified atom stereocenters. The maximum Gasteiger partial charge on any atom is 0.0566 e. The quantitative estimate of drug-likeness (QED) is 0.521. The highest BCUT2D eigenvalue weighted by molar-refractivity contribution is 5.33. The van der Waals surface area contributed by atoms with Crippen LogP contribution in [0.1, 0.15) is 6.42 Å². The summed E-state index contributed by atoms with van der Waals surface area (Å²) in [7, 11) is 0. The zero-order valence-corrected chi connectivity index (χ0v) is 5.62. The molecule has 1 aliphatic carbocycles. The van der Waals surface area contributed by atoms with Gasteiger partial charge in [-0.2, -0.15) is 0 Å². The number of hydrogen-bond donors (Lipinski definition) is 1. The number of nitrogens with one attached hydrogen (secondary N) is 1. The van der Waals surface area contributed by atoms with E-state index in [0.29, 0.717) is 6.04 Å². The van der Waals surface area contributed by atoms with Crippen molar-refractivity contribution >= 4 is 0 Å². The van der Waals surface area contributed by atoms with Crippen molar-refractivity contribution < 1.29 is 0 Å². The molecule has 1 atom stereocenters. The molecule has 0 aromatic rings. The summed E-state index contributed by atoms with van der Waals surface area (Å²) in [6.07, 6.45) is 11.2. The first-order valence-corrected chi connectivity index (χ1v) is 3.45. The number of rotatable bonds is 0. The second-order valence-corrected chi connectivity index (χ2v) is 2.46. The molecular formula is C8H9N2. The van der Waals surface area contributed by atoms with Crippen LogP contribution in [0.4, 0.5) is 0 Å². The summed E-state index contributed by atoms with van der Waals surface area (Å²) in [5, 5.41) is 0. The molecule has 0 fully saturated rings. The first-order valence-electron chi connectivity index (χ1n) is 3.45. The standard InChI is InChI=1S/C8H9N2/c1-2-4-8-7(3-1)5-6-9-10-8/h1-3,5-6,8,10H,4H2. The average molecular weight is 133 g/mol. The van der Waals surface area contributed by atoms with Crippen LogP contribution in [0.2, 0.25) is 0 Å². The van der Waals surface area contributed by atoms with Crippen molar-refractivity contribution in [2.75, 3.05) is 0 Å². The van der Waals surface area contributed by atoms with Gasteiger partial charge in [0, 0.05) is 6.20 Å². The van der Waals surface area contributed by atoms with Gasteiger partial charge in [-0.15, -0.1) is 0 Å². The van der Waals surface area contributed by atoms with Crippen LogP contribution in [0.15, 0.2) is 36.1 Å². The highest BCUT2D eigenvalue weighted by Crippen LogP contribution is 2.15. The Hall–Kier alpha value is -1.02. The Kier molecular flexibility index (Phi) is 1.32. The molecule has 1 radical (unpaired) electrons. The maximum atomic E-state index is 3.96. The van der Waals surface area contributed by atoms with Gasteiger partial charge in [0.2, 0.25) is 0 Å². The summed E-state index contributed by atoms with van der Waals surface area (Å²) >= 11 is 0. The van der Waals surface area contributed by atoms with Crippen LogP contribution in [0.25, 0.3) is 0 Å². The van der Waals surface area contributed by atoms with Gasteiger partial charge in [-0.3, -0.25) is 0 Å². The minimum absolute atomic E-state index is 0.426. The van der Waals surface area contributed by atoms with E-state index in [1.165, 1.54) is 5.57 Å². The molecule has 0 saturated heterocycles. The summed E-state index contributed by atoms with van der Waals surface area (Å²) in [6, 6.07) is 0.426. The van der Waals surface area contributed by atoms with Crippen molar-refractivity contribution in [3.8, 4) is 0 Å². The Balaban J connectivity index is 2.27. The number of nitrogens with zero attached hydrogens (tertiary/aromatic N) is 1. The fourth-order valence-corrected chi connectivity index (χ4v) is 1.20. The largest absolute Gasteiger partial charge is 0.210 e. The van der Waals surface area contributed by atoms with Crippen LogP contribution in [-0.4, -0.2) is 6.04 Å². The van der Waals surface area contributed by atoms with Gasteiger partial charge in [0.15, 0.2) is 0 Å². The number of allylic oxidation sites excluding steroid dienone is 2. The lowest BCUT2D eigenvalue weighted by atomic mass is 9.99. The minimum atomic E-state index is 0.426. The topological polar surface area (TPSA) is 26.1 Å². The van der Waals surface area contributed by atoms with Crippen molar-refractivity contribution in [1.82, 2.24) is 10.9 Å². The third-order valence-electron chi connectivity index (χ3n) is 1.77. The van der Waals surface area contributed by atoms with Crippen molar-refractivity contribution in [2.45, 2.75) is 12.5 Å². The summed E-state index contributed by atoms with van der Waals surface area (Å²) in [6.45, 7) is 0. The maximum absolute atomic E-state index is 3.96. The summed E-state index contributed by atoms with van der Waals surface area (Å²) in [4.78, 5) is 0. The first-order chi connectivity index (χ1) is 4.97. The summed E-state index contributed by atoms with van der Waals surface area (Å²) in [5.74, 6) is 0. The third-order valence-corrected chi connectivity index (χ3v) is 1.77. The normalized spacial score (nSPS) is 28.8. The number of hydrogen-bond acceptors (Lipinski definition) is 1. The van der Waals surface area contributed by atoms with E-state index in [1.54, 1.807) is 6.20 Å². The van der Waals surface area contributed by atoms with Crippen LogP contribution in [0, 0.1) is 0 Å². The molecule has 2 nitrogen and oxygen atoms in total.